The summed E-state index contributed by atoms with van der Waals surface area (Å²) in [7, 11) is 0. The van der Waals surface area contributed by atoms with E-state index in [1.165, 1.54) is 0 Å². The fourth-order valence-corrected chi connectivity index (χ4v) is 0.853. The molecular formula is C7H6F2N2O3. The normalized spacial score (nSPS) is 10.2. The van der Waals surface area contributed by atoms with Crippen molar-refractivity contribution in [2.75, 3.05) is 5.73 Å². The van der Waals surface area contributed by atoms with Gasteiger partial charge in [0.05, 0.1) is 10.6 Å². The fourth-order valence-electron chi connectivity index (χ4n) is 0.853. The molecule has 0 spiro atoms. The minimum atomic E-state index is -3.00. The lowest BCUT2D eigenvalue weighted by atomic mass is 10.2. The molecule has 76 valence electrons. The molecule has 0 saturated heterocycles. The van der Waals surface area contributed by atoms with Crippen molar-refractivity contribution in [2.24, 2.45) is 0 Å². The van der Waals surface area contributed by atoms with Gasteiger partial charge in [0.15, 0.2) is 0 Å². The summed E-state index contributed by atoms with van der Waals surface area (Å²) < 4.78 is 27.5. The number of non-ortho nitro benzene ring substituents is 1. The molecule has 0 unspecified atom stereocenters. The summed E-state index contributed by atoms with van der Waals surface area (Å²) in [6.45, 7) is -3.00. The highest BCUT2D eigenvalue weighted by Gasteiger charge is 2.12. The number of benzene rings is 1. The molecule has 0 amide bonds. The number of nitrogens with two attached hydrogens (primary N) is 1. The van der Waals surface area contributed by atoms with Gasteiger partial charge < -0.3 is 10.5 Å². The first-order chi connectivity index (χ1) is 6.50. The molecule has 0 radical (unpaired) electrons. The van der Waals surface area contributed by atoms with Crippen molar-refractivity contribution in [3.63, 3.8) is 0 Å². The molecule has 0 aliphatic carbocycles. The molecule has 0 aromatic heterocycles. The summed E-state index contributed by atoms with van der Waals surface area (Å²) in [5.41, 5.74) is 4.78. The number of ether oxygens (including phenoxy) is 1. The zero-order valence-corrected chi connectivity index (χ0v) is 6.81. The van der Waals surface area contributed by atoms with E-state index in [9.17, 15) is 18.9 Å². The average molecular weight is 204 g/mol. The maximum absolute atomic E-state index is 11.7. The highest BCUT2D eigenvalue weighted by molar-refractivity contribution is 5.58. The monoisotopic (exact) mass is 204 g/mol. The van der Waals surface area contributed by atoms with Crippen LogP contribution in [0, 0.1) is 10.1 Å². The zero-order chi connectivity index (χ0) is 10.7. The number of anilines is 1. The third-order valence-electron chi connectivity index (χ3n) is 1.42. The largest absolute Gasteiger partial charge is 0.433 e. The number of alkyl halides is 2. The standard InChI is InChI=1S/C7H6F2N2O3/c8-7(9)14-6-2-1-4(11(12)13)3-5(6)10/h1-3,7H,10H2. The Bertz CT molecular complexity index is 357. The van der Waals surface area contributed by atoms with Gasteiger partial charge in [0.1, 0.15) is 5.75 Å². The second-order valence-corrected chi connectivity index (χ2v) is 2.36. The zero-order valence-electron chi connectivity index (χ0n) is 6.81. The molecular weight excluding hydrogens is 198 g/mol. The van der Waals surface area contributed by atoms with Crippen molar-refractivity contribution in [3.05, 3.63) is 28.3 Å². The Morgan fingerprint density at radius 3 is 2.57 bits per heavy atom. The summed E-state index contributed by atoms with van der Waals surface area (Å²) in [5, 5.41) is 10.2. The first-order valence-corrected chi connectivity index (χ1v) is 3.49. The summed E-state index contributed by atoms with van der Waals surface area (Å²) in [4.78, 5) is 9.57. The van der Waals surface area contributed by atoms with Crippen LogP contribution in [-0.2, 0) is 0 Å². The lowest BCUT2D eigenvalue weighted by molar-refractivity contribution is -0.384. The van der Waals surface area contributed by atoms with E-state index in [0.29, 0.717) is 0 Å². The number of hydrogen-bond acceptors (Lipinski definition) is 4. The predicted octanol–water partition coefficient (Wildman–Crippen LogP) is 1.78. The van der Waals surface area contributed by atoms with Gasteiger partial charge in [0.2, 0.25) is 0 Å². The summed E-state index contributed by atoms with van der Waals surface area (Å²) in [6, 6.07) is 3.02. The summed E-state index contributed by atoms with van der Waals surface area (Å²) in [5.74, 6) is -0.273. The van der Waals surface area contributed by atoms with Gasteiger partial charge in [0.25, 0.3) is 5.69 Å². The highest BCUT2D eigenvalue weighted by Crippen LogP contribution is 2.27. The second-order valence-electron chi connectivity index (χ2n) is 2.36. The van der Waals surface area contributed by atoms with E-state index in [4.69, 9.17) is 5.73 Å². The number of hydrogen-bond donors (Lipinski definition) is 1. The van der Waals surface area contributed by atoms with Gasteiger partial charge in [0, 0.05) is 12.1 Å². The molecule has 1 aromatic rings. The average Bonchev–Trinajstić information content (AvgIpc) is 2.07. The third-order valence-corrected chi connectivity index (χ3v) is 1.42. The number of nitro groups is 1. The van der Waals surface area contributed by atoms with Crippen molar-refractivity contribution in [2.45, 2.75) is 6.61 Å². The molecule has 0 heterocycles. The van der Waals surface area contributed by atoms with E-state index in [0.717, 1.165) is 18.2 Å². The van der Waals surface area contributed by atoms with Gasteiger partial charge in [-0.3, -0.25) is 10.1 Å². The van der Waals surface area contributed by atoms with Gasteiger partial charge in [-0.1, -0.05) is 0 Å². The Kier molecular flexibility index (Phi) is 2.80. The van der Waals surface area contributed by atoms with Crippen LogP contribution in [0.2, 0.25) is 0 Å². The molecule has 0 atom stereocenters. The van der Waals surface area contributed by atoms with Crippen LogP contribution in [0.4, 0.5) is 20.2 Å². The second kappa shape index (κ2) is 3.86. The fraction of sp³-hybridized carbons (Fsp3) is 0.143. The van der Waals surface area contributed by atoms with Crippen molar-refractivity contribution >= 4 is 11.4 Å². The Morgan fingerprint density at radius 2 is 2.14 bits per heavy atom. The van der Waals surface area contributed by atoms with E-state index in [1.807, 2.05) is 0 Å². The Labute approximate surface area is 77.2 Å². The maximum atomic E-state index is 11.7. The van der Waals surface area contributed by atoms with Crippen LogP contribution in [0.5, 0.6) is 5.75 Å². The summed E-state index contributed by atoms with van der Waals surface area (Å²) >= 11 is 0. The molecule has 0 aliphatic heterocycles. The molecule has 2 N–H and O–H groups in total. The van der Waals surface area contributed by atoms with Crippen LogP contribution >= 0.6 is 0 Å². The van der Waals surface area contributed by atoms with Crippen LogP contribution in [0.15, 0.2) is 18.2 Å². The number of rotatable bonds is 3. The number of nitrogen functional groups attached to an aromatic ring is 1. The van der Waals surface area contributed by atoms with E-state index < -0.39 is 11.5 Å². The minimum Gasteiger partial charge on any atom is -0.433 e. The molecule has 1 rings (SSSR count). The van der Waals surface area contributed by atoms with Gasteiger partial charge in [-0.15, -0.1) is 0 Å². The van der Waals surface area contributed by atoms with E-state index in [2.05, 4.69) is 4.74 Å². The third kappa shape index (κ3) is 2.28. The van der Waals surface area contributed by atoms with Gasteiger partial charge in [-0.25, -0.2) is 0 Å². The van der Waals surface area contributed by atoms with Crippen LogP contribution in [0.3, 0.4) is 0 Å². The molecule has 0 saturated carbocycles. The molecule has 0 aliphatic rings. The highest BCUT2D eigenvalue weighted by atomic mass is 19.3. The maximum Gasteiger partial charge on any atom is 0.387 e. The molecule has 14 heavy (non-hydrogen) atoms. The number of halogens is 2. The van der Waals surface area contributed by atoms with Gasteiger partial charge in [-0.05, 0) is 6.07 Å². The molecule has 0 bridgehead atoms. The van der Waals surface area contributed by atoms with Crippen molar-refractivity contribution in [3.8, 4) is 5.75 Å². The van der Waals surface area contributed by atoms with Gasteiger partial charge >= 0.3 is 6.61 Å². The van der Waals surface area contributed by atoms with Crippen LogP contribution in [0.1, 0.15) is 0 Å². The lowest BCUT2D eigenvalue weighted by Crippen LogP contribution is -2.04. The lowest BCUT2D eigenvalue weighted by Gasteiger charge is -2.06. The Balaban J connectivity index is 2.95. The molecule has 1 aromatic carbocycles. The molecule has 0 fully saturated rings. The van der Waals surface area contributed by atoms with Gasteiger partial charge in [-0.2, -0.15) is 8.78 Å². The van der Waals surface area contributed by atoms with Crippen LogP contribution in [0.25, 0.3) is 0 Å². The Morgan fingerprint density at radius 1 is 1.50 bits per heavy atom. The molecule has 7 heteroatoms. The van der Waals surface area contributed by atoms with Crippen molar-refractivity contribution in [1.82, 2.24) is 0 Å². The van der Waals surface area contributed by atoms with Crippen molar-refractivity contribution < 1.29 is 18.4 Å². The quantitative estimate of drug-likeness (QED) is 0.462. The minimum absolute atomic E-state index is 0.195. The smallest absolute Gasteiger partial charge is 0.387 e. The number of nitro benzene ring substituents is 1. The van der Waals surface area contributed by atoms with Crippen LogP contribution < -0.4 is 10.5 Å². The topological polar surface area (TPSA) is 78.4 Å². The predicted molar refractivity (Wildman–Crippen MR) is 44.1 cm³/mol. The molecule has 5 nitrogen and oxygen atoms in total. The number of nitrogens with zero attached hydrogens (tertiary/aromatic N) is 1. The Hall–Kier alpha value is -1.92. The summed E-state index contributed by atoms with van der Waals surface area (Å²) in [6.07, 6.45) is 0. The van der Waals surface area contributed by atoms with Crippen LogP contribution in [-0.4, -0.2) is 11.5 Å². The van der Waals surface area contributed by atoms with E-state index in [-0.39, 0.29) is 17.1 Å². The first-order valence-electron chi connectivity index (χ1n) is 3.49. The van der Waals surface area contributed by atoms with Crippen molar-refractivity contribution in [1.29, 1.82) is 0 Å². The van der Waals surface area contributed by atoms with E-state index >= 15 is 0 Å². The SMILES string of the molecule is Nc1cc([N+](=O)[O-])ccc1OC(F)F. The first kappa shape index (κ1) is 10.2. The van der Waals surface area contributed by atoms with E-state index in [1.54, 1.807) is 0 Å².